The van der Waals surface area contributed by atoms with Crippen LogP contribution in [0, 0.1) is 0 Å². The molecule has 1 aliphatic heterocycles. The molecule has 2 aromatic carbocycles. The molecule has 1 aliphatic rings. The van der Waals surface area contributed by atoms with Crippen molar-refractivity contribution in [1.82, 2.24) is 0 Å². The Morgan fingerprint density at radius 3 is 2.65 bits per heavy atom. The van der Waals surface area contributed by atoms with Crippen LogP contribution >= 0.6 is 11.6 Å². The van der Waals surface area contributed by atoms with Gasteiger partial charge in [0.15, 0.2) is 11.5 Å². The number of benzene rings is 2. The topological polar surface area (TPSA) is 47.6 Å². The van der Waals surface area contributed by atoms with Gasteiger partial charge in [-0.2, -0.15) is 13.2 Å². The summed E-state index contributed by atoms with van der Waals surface area (Å²) in [5, 5.41) is 2.45. The first-order valence-electron chi connectivity index (χ1n) is 7.88. The van der Waals surface area contributed by atoms with E-state index in [2.05, 4.69) is 5.32 Å². The van der Waals surface area contributed by atoms with E-state index in [4.69, 9.17) is 21.1 Å². The predicted octanol–water partition coefficient (Wildman–Crippen LogP) is 4.92. The van der Waals surface area contributed by atoms with Crippen LogP contribution in [-0.2, 0) is 11.0 Å². The summed E-state index contributed by atoms with van der Waals surface area (Å²) in [6.45, 7) is 0.300. The Bertz CT molecular complexity index is 811. The van der Waals surface area contributed by atoms with Gasteiger partial charge in [0.05, 0.1) is 16.3 Å². The average Bonchev–Trinajstić information content (AvgIpc) is 2.60. The zero-order valence-corrected chi connectivity index (χ0v) is 14.2. The van der Waals surface area contributed by atoms with Gasteiger partial charge in [-0.15, -0.1) is 0 Å². The SMILES string of the molecule is O=C(CC[C@H]1COc2ccccc2O1)Nc1cc(C(F)(F)F)ccc1Cl. The van der Waals surface area contributed by atoms with Gasteiger partial charge in [0.1, 0.15) is 12.7 Å². The minimum Gasteiger partial charge on any atom is -0.486 e. The molecule has 0 aliphatic carbocycles. The van der Waals surface area contributed by atoms with E-state index in [9.17, 15) is 18.0 Å². The van der Waals surface area contributed by atoms with Gasteiger partial charge in [-0.25, -0.2) is 0 Å². The Labute approximate surface area is 152 Å². The Balaban J connectivity index is 1.57. The van der Waals surface area contributed by atoms with Crippen molar-refractivity contribution >= 4 is 23.2 Å². The molecule has 1 atom stereocenters. The molecule has 0 unspecified atom stereocenters. The van der Waals surface area contributed by atoms with Gasteiger partial charge in [0.25, 0.3) is 0 Å². The summed E-state index contributed by atoms with van der Waals surface area (Å²) in [4.78, 5) is 12.1. The van der Waals surface area contributed by atoms with E-state index in [-0.39, 0.29) is 23.2 Å². The van der Waals surface area contributed by atoms with Gasteiger partial charge in [0.2, 0.25) is 5.91 Å². The van der Waals surface area contributed by atoms with E-state index < -0.39 is 17.6 Å². The Kier molecular flexibility index (Phi) is 5.27. The van der Waals surface area contributed by atoms with Gasteiger partial charge in [-0.05, 0) is 36.8 Å². The first-order chi connectivity index (χ1) is 12.3. The molecule has 1 N–H and O–H groups in total. The summed E-state index contributed by atoms with van der Waals surface area (Å²) in [5.41, 5.74) is -0.949. The summed E-state index contributed by atoms with van der Waals surface area (Å²) < 4.78 is 49.6. The molecule has 1 heterocycles. The maximum absolute atomic E-state index is 12.8. The molecule has 1 amide bonds. The third kappa shape index (κ3) is 4.40. The van der Waals surface area contributed by atoms with Crippen LogP contribution in [0.4, 0.5) is 18.9 Å². The fraction of sp³-hybridized carbons (Fsp3) is 0.278. The summed E-state index contributed by atoms with van der Waals surface area (Å²) in [6.07, 6.45) is -4.41. The van der Waals surface area contributed by atoms with Crippen molar-refractivity contribution in [2.45, 2.75) is 25.1 Å². The van der Waals surface area contributed by atoms with E-state index in [1.54, 1.807) is 12.1 Å². The molecule has 138 valence electrons. The first-order valence-corrected chi connectivity index (χ1v) is 8.26. The third-order valence-corrected chi connectivity index (χ3v) is 4.16. The molecule has 3 rings (SSSR count). The zero-order chi connectivity index (χ0) is 18.7. The van der Waals surface area contributed by atoms with E-state index in [1.165, 1.54) is 0 Å². The van der Waals surface area contributed by atoms with Gasteiger partial charge < -0.3 is 14.8 Å². The number of para-hydroxylation sites is 2. The fourth-order valence-corrected chi connectivity index (χ4v) is 2.67. The maximum atomic E-state index is 12.8. The normalized spacial score (nSPS) is 16.2. The number of fused-ring (bicyclic) bond motifs is 1. The number of halogens is 4. The second-order valence-corrected chi connectivity index (χ2v) is 6.18. The van der Waals surface area contributed by atoms with Crippen LogP contribution in [0.1, 0.15) is 18.4 Å². The lowest BCUT2D eigenvalue weighted by Gasteiger charge is -2.26. The maximum Gasteiger partial charge on any atom is 0.416 e. The quantitative estimate of drug-likeness (QED) is 0.812. The molecular weight excluding hydrogens is 371 g/mol. The number of rotatable bonds is 4. The average molecular weight is 386 g/mol. The number of hydrogen-bond donors (Lipinski definition) is 1. The Morgan fingerprint density at radius 2 is 1.92 bits per heavy atom. The lowest BCUT2D eigenvalue weighted by atomic mass is 10.1. The Hall–Kier alpha value is -2.41. The van der Waals surface area contributed by atoms with Crippen molar-refractivity contribution in [1.29, 1.82) is 0 Å². The zero-order valence-electron chi connectivity index (χ0n) is 13.5. The van der Waals surface area contributed by atoms with Crippen molar-refractivity contribution in [3.63, 3.8) is 0 Å². The molecule has 8 heteroatoms. The molecule has 2 aromatic rings. The van der Waals surface area contributed by atoms with Crippen LogP contribution < -0.4 is 14.8 Å². The summed E-state index contributed by atoms with van der Waals surface area (Å²) in [5.74, 6) is 0.794. The number of amides is 1. The number of carbonyl (C=O) groups is 1. The highest BCUT2D eigenvalue weighted by molar-refractivity contribution is 6.33. The highest BCUT2D eigenvalue weighted by Gasteiger charge is 2.31. The predicted molar refractivity (Wildman–Crippen MR) is 90.7 cm³/mol. The third-order valence-electron chi connectivity index (χ3n) is 3.83. The summed E-state index contributed by atoms with van der Waals surface area (Å²) in [7, 11) is 0. The van der Waals surface area contributed by atoms with Gasteiger partial charge >= 0.3 is 6.18 Å². The van der Waals surface area contributed by atoms with Crippen molar-refractivity contribution in [2.75, 3.05) is 11.9 Å². The highest BCUT2D eigenvalue weighted by atomic mass is 35.5. The molecule has 0 saturated carbocycles. The summed E-state index contributed by atoms with van der Waals surface area (Å²) >= 11 is 5.87. The van der Waals surface area contributed by atoms with Crippen molar-refractivity contribution in [2.24, 2.45) is 0 Å². The van der Waals surface area contributed by atoms with Crippen molar-refractivity contribution in [3.8, 4) is 11.5 Å². The summed E-state index contributed by atoms with van der Waals surface area (Å²) in [6, 6.07) is 9.98. The second-order valence-electron chi connectivity index (χ2n) is 5.78. The fourth-order valence-electron chi connectivity index (χ4n) is 2.51. The lowest BCUT2D eigenvalue weighted by Crippen LogP contribution is -2.30. The molecule has 26 heavy (non-hydrogen) atoms. The number of hydrogen-bond acceptors (Lipinski definition) is 3. The smallest absolute Gasteiger partial charge is 0.416 e. The van der Waals surface area contributed by atoms with E-state index >= 15 is 0 Å². The lowest BCUT2D eigenvalue weighted by molar-refractivity contribution is -0.137. The van der Waals surface area contributed by atoms with Crippen LogP contribution in [0.3, 0.4) is 0 Å². The largest absolute Gasteiger partial charge is 0.486 e. The van der Waals surface area contributed by atoms with Crippen LogP contribution in [0.2, 0.25) is 5.02 Å². The highest BCUT2D eigenvalue weighted by Crippen LogP contribution is 2.34. The van der Waals surface area contributed by atoms with Gasteiger partial charge in [0, 0.05) is 6.42 Å². The number of nitrogens with one attached hydrogen (secondary N) is 1. The molecule has 0 spiro atoms. The minimum absolute atomic E-state index is 0.0394. The minimum atomic E-state index is -4.51. The molecular formula is C18H15ClF3NO3. The van der Waals surface area contributed by atoms with E-state index in [1.807, 2.05) is 12.1 Å². The van der Waals surface area contributed by atoms with Crippen LogP contribution in [0.25, 0.3) is 0 Å². The standard InChI is InChI=1S/C18H15ClF3NO3/c19-13-7-5-11(18(20,21)22)9-14(13)23-17(24)8-6-12-10-25-15-3-1-2-4-16(15)26-12/h1-5,7,9,12H,6,8,10H2,(H,23,24)/t12-/m0/s1. The molecule has 0 saturated heterocycles. The van der Waals surface area contributed by atoms with Crippen LogP contribution in [0.5, 0.6) is 11.5 Å². The number of ether oxygens (including phenoxy) is 2. The van der Waals surface area contributed by atoms with Crippen LogP contribution in [0.15, 0.2) is 42.5 Å². The van der Waals surface area contributed by atoms with E-state index in [0.29, 0.717) is 24.5 Å². The number of alkyl halides is 3. The van der Waals surface area contributed by atoms with Gasteiger partial charge in [-0.3, -0.25) is 4.79 Å². The molecule has 0 bridgehead atoms. The first kappa shape index (κ1) is 18.4. The Morgan fingerprint density at radius 1 is 1.19 bits per heavy atom. The van der Waals surface area contributed by atoms with Crippen molar-refractivity contribution in [3.05, 3.63) is 53.1 Å². The molecule has 0 radical (unpaired) electrons. The van der Waals surface area contributed by atoms with Crippen LogP contribution in [-0.4, -0.2) is 18.6 Å². The monoisotopic (exact) mass is 385 g/mol. The van der Waals surface area contributed by atoms with Crippen molar-refractivity contribution < 1.29 is 27.4 Å². The van der Waals surface area contributed by atoms with E-state index in [0.717, 1.165) is 18.2 Å². The molecule has 0 aromatic heterocycles. The molecule has 4 nitrogen and oxygen atoms in total. The number of carbonyl (C=O) groups excluding carboxylic acids is 1. The van der Waals surface area contributed by atoms with Gasteiger partial charge in [-0.1, -0.05) is 23.7 Å². The second kappa shape index (κ2) is 7.45. The molecule has 0 fully saturated rings. The number of anilines is 1.